The number of likely N-dealkylation sites (N-methyl/N-ethyl adjacent to an activating group) is 1. The number of rotatable bonds is 6. The summed E-state index contributed by atoms with van der Waals surface area (Å²) in [6, 6.07) is 18.7. The van der Waals surface area contributed by atoms with E-state index in [1.807, 2.05) is 12.1 Å². The first-order valence-electron chi connectivity index (χ1n) is 13.9. The Hall–Kier alpha value is -4.04. The molecule has 0 aromatic heterocycles. The molecule has 208 valence electrons. The summed E-state index contributed by atoms with van der Waals surface area (Å²) in [4.78, 5) is 10.1. The van der Waals surface area contributed by atoms with E-state index in [2.05, 4.69) is 46.3 Å². The quantitative estimate of drug-likeness (QED) is 0.458. The molecule has 7 nitrogen and oxygen atoms in total. The van der Waals surface area contributed by atoms with E-state index >= 15 is 0 Å². The minimum absolute atomic E-state index is 0.233. The number of ether oxygens (including phenoxy) is 3. The van der Waals surface area contributed by atoms with Gasteiger partial charge in [-0.15, -0.1) is 0 Å². The number of anilines is 1. The molecule has 1 unspecified atom stereocenters. The molecule has 0 aliphatic carbocycles. The highest BCUT2D eigenvalue weighted by molar-refractivity contribution is 6.06. The highest BCUT2D eigenvalue weighted by Gasteiger charge is 2.33. The molecule has 1 saturated heterocycles. The van der Waals surface area contributed by atoms with Gasteiger partial charge in [-0.1, -0.05) is 19.1 Å². The molecule has 3 aliphatic rings. The van der Waals surface area contributed by atoms with Crippen LogP contribution in [0.3, 0.4) is 0 Å². The van der Waals surface area contributed by atoms with E-state index in [-0.39, 0.29) is 11.9 Å². The highest BCUT2D eigenvalue weighted by Crippen LogP contribution is 2.46. The van der Waals surface area contributed by atoms with Crippen molar-refractivity contribution >= 4 is 17.2 Å². The smallest absolute Gasteiger partial charge is 0.136 e. The van der Waals surface area contributed by atoms with Gasteiger partial charge in [0.1, 0.15) is 34.9 Å². The zero-order valence-corrected chi connectivity index (χ0v) is 23.2. The molecular formula is C32H35FN4O3. The molecule has 1 N–H and O–H groups in total. The monoisotopic (exact) mass is 542 g/mol. The average Bonchev–Trinajstić information content (AvgIpc) is 3.20. The molecule has 0 amide bonds. The Bertz CT molecular complexity index is 1430. The standard InChI is InChI=1S/C32H35FN4O3/c1-4-36-14-16-37(17-15-36)24-11-7-21(8-12-24)30-26-13-18-40-28-20-25(38-2)19-27(39-3)29(28)31(26)35-32(34-30)22-5-9-23(33)10-6-22/h5-12,19-20,30H,4,13-18H2,1-3H3,(H,34,35). The second-order valence-electron chi connectivity index (χ2n) is 10.2. The van der Waals surface area contributed by atoms with Gasteiger partial charge >= 0.3 is 0 Å². The van der Waals surface area contributed by atoms with E-state index < -0.39 is 0 Å². The SMILES string of the molecule is CCN1CCN(c2ccc(C3N=C(c4ccc(F)cc4)NC4=C3CCOc3cc(OC)cc(OC)c34)cc2)CC1. The lowest BCUT2D eigenvalue weighted by Gasteiger charge is -2.35. The fourth-order valence-electron chi connectivity index (χ4n) is 5.76. The van der Waals surface area contributed by atoms with Crippen molar-refractivity contribution < 1.29 is 18.6 Å². The Balaban J connectivity index is 1.42. The van der Waals surface area contributed by atoms with Crippen LogP contribution in [0.5, 0.6) is 17.2 Å². The summed E-state index contributed by atoms with van der Waals surface area (Å²) in [5.74, 6) is 2.39. The van der Waals surface area contributed by atoms with Crippen LogP contribution in [0.15, 0.2) is 71.2 Å². The minimum atomic E-state index is -0.283. The number of halogens is 1. The largest absolute Gasteiger partial charge is 0.496 e. The number of aliphatic imine (C=N–C) groups is 1. The number of methoxy groups -OCH3 is 2. The van der Waals surface area contributed by atoms with Gasteiger partial charge in [-0.3, -0.25) is 4.99 Å². The van der Waals surface area contributed by atoms with Crippen LogP contribution in [0.4, 0.5) is 10.1 Å². The number of amidine groups is 1. The number of hydrogen-bond acceptors (Lipinski definition) is 7. The fraction of sp³-hybridized carbons (Fsp3) is 0.344. The van der Waals surface area contributed by atoms with Crippen LogP contribution in [-0.4, -0.2) is 64.3 Å². The first-order chi connectivity index (χ1) is 19.6. The molecule has 3 heterocycles. The molecule has 1 fully saturated rings. The predicted molar refractivity (Wildman–Crippen MR) is 156 cm³/mol. The van der Waals surface area contributed by atoms with E-state index in [1.54, 1.807) is 26.4 Å². The Morgan fingerprint density at radius 2 is 1.73 bits per heavy atom. The van der Waals surface area contributed by atoms with Crippen LogP contribution in [0.25, 0.3) is 5.70 Å². The lowest BCUT2D eigenvalue weighted by atomic mass is 9.90. The van der Waals surface area contributed by atoms with Crippen LogP contribution in [0.2, 0.25) is 0 Å². The van der Waals surface area contributed by atoms with Gasteiger partial charge in [0, 0.05) is 56.0 Å². The molecule has 0 bridgehead atoms. The minimum Gasteiger partial charge on any atom is -0.496 e. The van der Waals surface area contributed by atoms with Crippen LogP contribution in [0, 0.1) is 5.82 Å². The summed E-state index contributed by atoms with van der Waals surface area (Å²) in [7, 11) is 3.28. The van der Waals surface area contributed by atoms with E-state index in [0.29, 0.717) is 36.1 Å². The lowest BCUT2D eigenvalue weighted by molar-refractivity contribution is 0.271. The second-order valence-corrected chi connectivity index (χ2v) is 10.2. The molecule has 8 heteroatoms. The van der Waals surface area contributed by atoms with Crippen molar-refractivity contribution in [2.45, 2.75) is 19.4 Å². The van der Waals surface area contributed by atoms with Gasteiger partial charge in [0.15, 0.2) is 0 Å². The van der Waals surface area contributed by atoms with Gasteiger partial charge in [-0.05, 0) is 54.1 Å². The third-order valence-electron chi connectivity index (χ3n) is 8.04. The summed E-state index contributed by atoms with van der Waals surface area (Å²) in [5.41, 5.74) is 6.00. The van der Waals surface area contributed by atoms with E-state index in [0.717, 1.165) is 60.7 Å². The molecule has 0 saturated carbocycles. The first kappa shape index (κ1) is 26.2. The molecule has 3 aromatic rings. The van der Waals surface area contributed by atoms with Gasteiger partial charge in [0.25, 0.3) is 0 Å². The average molecular weight is 543 g/mol. The molecule has 0 spiro atoms. The maximum atomic E-state index is 13.8. The third-order valence-corrected chi connectivity index (χ3v) is 8.04. The topological polar surface area (TPSA) is 58.6 Å². The zero-order chi connectivity index (χ0) is 27.6. The normalized spacial score (nSPS) is 19.1. The van der Waals surface area contributed by atoms with Gasteiger partial charge in [-0.2, -0.15) is 0 Å². The van der Waals surface area contributed by atoms with Crippen LogP contribution in [-0.2, 0) is 0 Å². The number of benzene rings is 3. The Morgan fingerprint density at radius 3 is 2.40 bits per heavy atom. The highest BCUT2D eigenvalue weighted by atomic mass is 19.1. The van der Waals surface area contributed by atoms with Gasteiger partial charge in [0.2, 0.25) is 0 Å². The van der Waals surface area contributed by atoms with Crippen molar-refractivity contribution in [3.63, 3.8) is 0 Å². The second kappa shape index (κ2) is 11.2. The van der Waals surface area contributed by atoms with E-state index in [4.69, 9.17) is 19.2 Å². The van der Waals surface area contributed by atoms with Gasteiger partial charge in [0.05, 0.1) is 32.1 Å². The van der Waals surface area contributed by atoms with Crippen molar-refractivity contribution in [1.29, 1.82) is 0 Å². The van der Waals surface area contributed by atoms with Crippen LogP contribution < -0.4 is 24.4 Å². The van der Waals surface area contributed by atoms with E-state index in [1.165, 1.54) is 17.8 Å². The number of nitrogens with one attached hydrogen (secondary N) is 1. The molecule has 1 atom stereocenters. The molecule has 3 aromatic carbocycles. The van der Waals surface area contributed by atoms with Crippen molar-refractivity contribution in [3.05, 3.63) is 88.7 Å². The van der Waals surface area contributed by atoms with Crippen LogP contribution in [0.1, 0.15) is 36.1 Å². The van der Waals surface area contributed by atoms with E-state index in [9.17, 15) is 4.39 Å². The van der Waals surface area contributed by atoms with Crippen molar-refractivity contribution in [2.75, 3.05) is 58.5 Å². The number of nitrogens with zero attached hydrogens (tertiary/aromatic N) is 3. The first-order valence-corrected chi connectivity index (χ1v) is 13.9. The molecule has 3 aliphatic heterocycles. The number of hydrogen-bond donors (Lipinski definition) is 1. The Labute approximate surface area is 234 Å². The lowest BCUT2D eigenvalue weighted by Crippen LogP contribution is -2.46. The maximum absolute atomic E-state index is 13.8. The zero-order valence-electron chi connectivity index (χ0n) is 23.2. The Kier molecular flexibility index (Phi) is 7.34. The summed E-state index contributed by atoms with van der Waals surface area (Å²) in [6.45, 7) is 8.04. The molecule has 6 rings (SSSR count). The van der Waals surface area contributed by atoms with Gasteiger partial charge in [-0.25, -0.2) is 4.39 Å². The summed E-state index contributed by atoms with van der Waals surface area (Å²) >= 11 is 0. The number of fused-ring (bicyclic) bond motifs is 2. The van der Waals surface area contributed by atoms with Crippen molar-refractivity contribution in [3.8, 4) is 17.2 Å². The van der Waals surface area contributed by atoms with Crippen LogP contribution >= 0.6 is 0 Å². The number of piperazine rings is 1. The molecular weight excluding hydrogens is 507 g/mol. The maximum Gasteiger partial charge on any atom is 0.136 e. The Morgan fingerprint density at radius 1 is 0.975 bits per heavy atom. The summed E-state index contributed by atoms with van der Waals surface area (Å²) in [6.07, 6.45) is 0.689. The molecule has 40 heavy (non-hydrogen) atoms. The van der Waals surface area contributed by atoms with Crippen molar-refractivity contribution in [2.24, 2.45) is 4.99 Å². The molecule has 0 radical (unpaired) electrons. The van der Waals surface area contributed by atoms with Gasteiger partial charge < -0.3 is 29.3 Å². The third kappa shape index (κ3) is 4.99. The summed E-state index contributed by atoms with van der Waals surface area (Å²) in [5, 5.41) is 3.57. The predicted octanol–water partition coefficient (Wildman–Crippen LogP) is 5.27. The summed E-state index contributed by atoms with van der Waals surface area (Å²) < 4.78 is 31.4. The van der Waals surface area contributed by atoms with Crippen molar-refractivity contribution in [1.82, 2.24) is 10.2 Å². The fourth-order valence-corrected chi connectivity index (χ4v) is 5.76.